The molecule has 1 heterocycles. The third-order valence-corrected chi connectivity index (χ3v) is 2.79. The van der Waals surface area contributed by atoms with E-state index >= 15 is 0 Å². The summed E-state index contributed by atoms with van der Waals surface area (Å²) in [5, 5.41) is 3.55. The van der Waals surface area contributed by atoms with Crippen molar-refractivity contribution >= 4 is 22.9 Å². The van der Waals surface area contributed by atoms with Crippen LogP contribution in [-0.4, -0.2) is 22.6 Å². The maximum Gasteiger partial charge on any atom is 0.407 e. The van der Waals surface area contributed by atoms with Gasteiger partial charge in [0.25, 0.3) is 5.91 Å². The zero-order valence-corrected chi connectivity index (χ0v) is 14.3. The number of aromatic amines is 1. The molecule has 0 radical (unpaired) electrons. The molecule has 4 N–H and O–H groups in total. The molecule has 2 amide bonds. The van der Waals surface area contributed by atoms with E-state index in [1.165, 1.54) is 0 Å². The van der Waals surface area contributed by atoms with Crippen LogP contribution in [0.2, 0.25) is 0 Å². The molecule has 0 saturated carbocycles. The lowest BCUT2D eigenvalue weighted by Crippen LogP contribution is -2.32. The summed E-state index contributed by atoms with van der Waals surface area (Å²) >= 11 is 0. The molecule has 0 unspecified atom stereocenters. The van der Waals surface area contributed by atoms with Gasteiger partial charge in [-0.15, -0.1) is 0 Å². The third kappa shape index (κ3) is 5.65. The van der Waals surface area contributed by atoms with E-state index < -0.39 is 17.6 Å². The van der Waals surface area contributed by atoms with Crippen LogP contribution in [0.4, 0.5) is 4.79 Å². The molecule has 2 rings (SSSR count). The summed E-state index contributed by atoms with van der Waals surface area (Å²) in [6.45, 7) is 9.78. The highest BCUT2D eigenvalue weighted by atomic mass is 16.6. The Bertz CT molecular complexity index is 684. The van der Waals surface area contributed by atoms with E-state index in [9.17, 15) is 9.59 Å². The predicted octanol–water partition coefficient (Wildman–Crippen LogP) is 3.32. The molecular formula is C17H25N3O3. The number of primary amides is 1. The maximum absolute atomic E-state index is 11.6. The number of hydrogen-bond donors (Lipinski definition) is 3. The van der Waals surface area contributed by atoms with Crippen molar-refractivity contribution in [1.29, 1.82) is 0 Å². The van der Waals surface area contributed by atoms with Crippen LogP contribution in [0.15, 0.2) is 24.3 Å². The molecule has 0 aliphatic heterocycles. The highest BCUT2D eigenvalue weighted by molar-refractivity contribution is 5.97. The number of fused-ring (bicyclic) bond motifs is 1. The standard InChI is InChI=1S/C15H19N3O3.C2H6/c1-15(2,3)21-14(20)17-8-9-4-5-11-10(6-9)7-12(18-11)13(16)19;1-2/h4-7,18H,8H2,1-3H3,(H2,16,19)(H,17,20);1-2H3. The summed E-state index contributed by atoms with van der Waals surface area (Å²) in [5.41, 5.74) is 6.80. The lowest BCUT2D eigenvalue weighted by atomic mass is 10.1. The van der Waals surface area contributed by atoms with Crippen molar-refractivity contribution in [1.82, 2.24) is 10.3 Å². The molecule has 1 aromatic carbocycles. The molecule has 0 aliphatic rings. The quantitative estimate of drug-likeness (QED) is 0.809. The first-order chi connectivity index (χ1) is 10.7. The highest BCUT2D eigenvalue weighted by Crippen LogP contribution is 2.17. The molecule has 6 nitrogen and oxygen atoms in total. The van der Waals surface area contributed by atoms with Crippen LogP contribution in [0.3, 0.4) is 0 Å². The molecule has 2 aromatic rings. The first-order valence-electron chi connectivity index (χ1n) is 7.63. The van der Waals surface area contributed by atoms with Crippen LogP contribution in [0, 0.1) is 0 Å². The average molecular weight is 319 g/mol. The molecule has 0 atom stereocenters. The number of nitrogens with two attached hydrogens (primary N) is 1. The maximum atomic E-state index is 11.6. The normalized spacial score (nSPS) is 10.7. The Morgan fingerprint density at radius 1 is 1.22 bits per heavy atom. The minimum Gasteiger partial charge on any atom is -0.444 e. The Kier molecular flexibility index (Phi) is 6.18. The number of amides is 2. The van der Waals surface area contributed by atoms with E-state index in [0.29, 0.717) is 12.2 Å². The molecule has 0 spiro atoms. The van der Waals surface area contributed by atoms with Gasteiger partial charge in [0, 0.05) is 17.4 Å². The van der Waals surface area contributed by atoms with E-state index in [2.05, 4.69) is 10.3 Å². The Balaban J connectivity index is 0.00000127. The average Bonchev–Trinajstić information content (AvgIpc) is 2.89. The van der Waals surface area contributed by atoms with Gasteiger partial charge in [-0.2, -0.15) is 0 Å². The number of nitrogens with one attached hydrogen (secondary N) is 2. The zero-order valence-electron chi connectivity index (χ0n) is 14.3. The molecule has 0 fully saturated rings. The predicted molar refractivity (Wildman–Crippen MR) is 91.2 cm³/mol. The topological polar surface area (TPSA) is 97.2 Å². The van der Waals surface area contributed by atoms with Crippen molar-refractivity contribution in [3.05, 3.63) is 35.5 Å². The van der Waals surface area contributed by atoms with E-state index in [1.807, 2.05) is 52.8 Å². The van der Waals surface area contributed by atoms with Crippen molar-refractivity contribution in [3.8, 4) is 0 Å². The third-order valence-electron chi connectivity index (χ3n) is 2.79. The molecule has 126 valence electrons. The van der Waals surface area contributed by atoms with Crippen LogP contribution >= 0.6 is 0 Å². The summed E-state index contributed by atoms with van der Waals surface area (Å²) in [6, 6.07) is 7.28. The Morgan fingerprint density at radius 2 is 1.87 bits per heavy atom. The van der Waals surface area contributed by atoms with Gasteiger partial charge in [-0.25, -0.2) is 4.79 Å². The van der Waals surface area contributed by atoms with Gasteiger partial charge in [-0.05, 0) is 44.5 Å². The van der Waals surface area contributed by atoms with Gasteiger partial charge in [0.1, 0.15) is 11.3 Å². The first-order valence-corrected chi connectivity index (χ1v) is 7.63. The SMILES string of the molecule is CC.CC(C)(C)OC(=O)NCc1ccc2[nH]c(C(N)=O)cc2c1. The minimum atomic E-state index is -0.523. The van der Waals surface area contributed by atoms with Gasteiger partial charge >= 0.3 is 6.09 Å². The smallest absolute Gasteiger partial charge is 0.407 e. The minimum absolute atomic E-state index is 0.349. The highest BCUT2D eigenvalue weighted by Gasteiger charge is 2.15. The summed E-state index contributed by atoms with van der Waals surface area (Å²) in [4.78, 5) is 25.6. The molecule has 1 aromatic heterocycles. The number of carbonyl (C=O) groups is 2. The fourth-order valence-corrected chi connectivity index (χ4v) is 1.91. The number of hydrogen-bond acceptors (Lipinski definition) is 3. The number of rotatable bonds is 3. The zero-order chi connectivity index (χ0) is 17.6. The molecular weight excluding hydrogens is 294 g/mol. The molecule has 23 heavy (non-hydrogen) atoms. The fourth-order valence-electron chi connectivity index (χ4n) is 1.91. The summed E-state index contributed by atoms with van der Waals surface area (Å²) in [7, 11) is 0. The molecule has 0 saturated heterocycles. The monoisotopic (exact) mass is 319 g/mol. The van der Waals surface area contributed by atoms with Gasteiger partial charge in [0.15, 0.2) is 0 Å². The molecule has 0 aliphatic carbocycles. The van der Waals surface area contributed by atoms with Crippen LogP contribution in [0.25, 0.3) is 10.9 Å². The Hall–Kier alpha value is -2.50. The van der Waals surface area contributed by atoms with Crippen LogP contribution in [-0.2, 0) is 11.3 Å². The van der Waals surface area contributed by atoms with Gasteiger partial charge in [-0.3, -0.25) is 4.79 Å². The largest absolute Gasteiger partial charge is 0.444 e. The van der Waals surface area contributed by atoms with Crippen LogP contribution in [0.1, 0.15) is 50.7 Å². The van der Waals surface area contributed by atoms with E-state index in [0.717, 1.165) is 16.5 Å². The van der Waals surface area contributed by atoms with Crippen LogP contribution < -0.4 is 11.1 Å². The lowest BCUT2D eigenvalue weighted by molar-refractivity contribution is 0.0523. The number of aromatic nitrogens is 1. The second-order valence-electron chi connectivity index (χ2n) is 5.82. The number of benzene rings is 1. The van der Waals surface area contributed by atoms with Crippen molar-refractivity contribution in [3.63, 3.8) is 0 Å². The van der Waals surface area contributed by atoms with E-state index in [4.69, 9.17) is 10.5 Å². The second kappa shape index (κ2) is 7.67. The Labute approximate surface area is 136 Å². The summed E-state index contributed by atoms with van der Waals surface area (Å²) in [6.07, 6.45) is -0.463. The number of ether oxygens (including phenoxy) is 1. The van der Waals surface area contributed by atoms with Crippen molar-refractivity contribution in [2.24, 2.45) is 5.73 Å². The fraction of sp³-hybridized carbons (Fsp3) is 0.412. The summed E-state index contributed by atoms with van der Waals surface area (Å²) < 4.78 is 5.17. The van der Waals surface area contributed by atoms with E-state index in [-0.39, 0.29) is 0 Å². The lowest BCUT2D eigenvalue weighted by Gasteiger charge is -2.19. The summed E-state index contributed by atoms with van der Waals surface area (Å²) in [5.74, 6) is -0.500. The number of carbonyl (C=O) groups excluding carboxylic acids is 2. The molecule has 6 heteroatoms. The second-order valence-corrected chi connectivity index (χ2v) is 5.82. The number of alkyl carbamates (subject to hydrolysis) is 1. The van der Waals surface area contributed by atoms with Gasteiger partial charge in [0.05, 0.1) is 0 Å². The Morgan fingerprint density at radius 3 is 2.43 bits per heavy atom. The van der Waals surface area contributed by atoms with Gasteiger partial charge in [0.2, 0.25) is 0 Å². The first kappa shape index (κ1) is 18.5. The van der Waals surface area contributed by atoms with Crippen molar-refractivity contribution < 1.29 is 14.3 Å². The van der Waals surface area contributed by atoms with Crippen molar-refractivity contribution in [2.75, 3.05) is 0 Å². The van der Waals surface area contributed by atoms with Gasteiger partial charge < -0.3 is 20.8 Å². The van der Waals surface area contributed by atoms with Crippen molar-refractivity contribution in [2.45, 2.75) is 46.8 Å². The van der Waals surface area contributed by atoms with E-state index in [1.54, 1.807) is 6.07 Å². The van der Waals surface area contributed by atoms with Gasteiger partial charge in [-0.1, -0.05) is 19.9 Å². The number of H-pyrrole nitrogens is 1. The molecule has 0 bridgehead atoms. The van der Waals surface area contributed by atoms with Crippen LogP contribution in [0.5, 0.6) is 0 Å².